The zero-order chi connectivity index (χ0) is 15.5. The van der Waals surface area contributed by atoms with Crippen molar-refractivity contribution in [3.05, 3.63) is 81.9 Å². The first-order chi connectivity index (χ1) is 10.6. The molecule has 112 valence electrons. The fourth-order valence-electron chi connectivity index (χ4n) is 2.37. The second-order valence-electron chi connectivity index (χ2n) is 5.05. The molecule has 1 aromatic heterocycles. The van der Waals surface area contributed by atoms with Gasteiger partial charge in [-0.25, -0.2) is 4.98 Å². The molecule has 0 aliphatic heterocycles. The normalized spacial score (nSPS) is 10.8. The maximum atomic E-state index is 9.89. The van der Waals surface area contributed by atoms with Crippen LogP contribution in [0.5, 0.6) is 5.75 Å². The summed E-state index contributed by atoms with van der Waals surface area (Å²) in [6.07, 6.45) is 4.27. The van der Waals surface area contributed by atoms with E-state index in [4.69, 9.17) is 23.2 Å². The average Bonchev–Trinajstić information content (AvgIpc) is 2.87. The van der Waals surface area contributed by atoms with Crippen LogP contribution in [0.1, 0.15) is 17.0 Å². The second-order valence-corrected chi connectivity index (χ2v) is 5.93. The Bertz CT molecular complexity index is 779. The van der Waals surface area contributed by atoms with Crippen molar-refractivity contribution in [3.8, 4) is 5.75 Å². The van der Waals surface area contributed by atoms with E-state index in [2.05, 4.69) is 4.98 Å². The first-order valence-corrected chi connectivity index (χ1v) is 7.59. The van der Waals surface area contributed by atoms with Crippen molar-refractivity contribution in [1.82, 2.24) is 9.55 Å². The number of aromatic hydroxyl groups is 1. The molecule has 5 heteroatoms. The lowest BCUT2D eigenvalue weighted by atomic mass is 10.1. The minimum atomic E-state index is 0.285. The topological polar surface area (TPSA) is 38.0 Å². The molecule has 1 N–H and O–H groups in total. The highest BCUT2D eigenvalue weighted by Crippen LogP contribution is 2.22. The molecular formula is C17H14Cl2N2O. The van der Waals surface area contributed by atoms with Gasteiger partial charge in [0.15, 0.2) is 0 Å². The third-order valence-corrected chi connectivity index (χ3v) is 3.86. The lowest BCUT2D eigenvalue weighted by Gasteiger charge is -2.10. The van der Waals surface area contributed by atoms with Gasteiger partial charge in [0.1, 0.15) is 11.6 Å². The molecule has 3 nitrogen and oxygen atoms in total. The van der Waals surface area contributed by atoms with Gasteiger partial charge in [0.25, 0.3) is 0 Å². The van der Waals surface area contributed by atoms with Gasteiger partial charge in [-0.3, -0.25) is 0 Å². The summed E-state index contributed by atoms with van der Waals surface area (Å²) in [5.74, 6) is 1.18. The summed E-state index contributed by atoms with van der Waals surface area (Å²) < 4.78 is 2.00. The monoisotopic (exact) mass is 332 g/mol. The Labute approximate surface area is 138 Å². The van der Waals surface area contributed by atoms with Gasteiger partial charge in [-0.1, -0.05) is 41.4 Å². The van der Waals surface area contributed by atoms with Crippen LogP contribution in [-0.2, 0) is 13.0 Å². The first kappa shape index (κ1) is 14.9. The summed E-state index contributed by atoms with van der Waals surface area (Å²) >= 11 is 12.1. The lowest BCUT2D eigenvalue weighted by Crippen LogP contribution is -2.05. The molecular weight excluding hydrogens is 319 g/mol. The van der Waals surface area contributed by atoms with Crippen LogP contribution in [0.3, 0.4) is 0 Å². The smallest absolute Gasteiger partial charge is 0.120 e. The van der Waals surface area contributed by atoms with E-state index < -0.39 is 0 Å². The fraction of sp³-hybridized carbons (Fsp3) is 0.118. The summed E-state index contributed by atoms with van der Waals surface area (Å²) in [5, 5.41) is 11.1. The molecule has 0 aliphatic rings. The van der Waals surface area contributed by atoms with Gasteiger partial charge in [-0.15, -0.1) is 0 Å². The third-order valence-electron chi connectivity index (χ3n) is 3.42. The van der Waals surface area contributed by atoms with E-state index in [9.17, 15) is 5.11 Å². The highest BCUT2D eigenvalue weighted by Gasteiger charge is 2.08. The van der Waals surface area contributed by atoms with Crippen LogP contribution < -0.4 is 0 Å². The van der Waals surface area contributed by atoms with Crippen LogP contribution in [-0.4, -0.2) is 14.7 Å². The Balaban J connectivity index is 1.85. The van der Waals surface area contributed by atoms with E-state index in [-0.39, 0.29) is 5.75 Å². The predicted octanol–water partition coefficient (Wildman–Crippen LogP) is 4.53. The van der Waals surface area contributed by atoms with Crippen molar-refractivity contribution >= 4 is 23.2 Å². The second kappa shape index (κ2) is 6.42. The van der Waals surface area contributed by atoms with Gasteiger partial charge >= 0.3 is 0 Å². The molecule has 0 saturated heterocycles. The number of hydrogen-bond acceptors (Lipinski definition) is 2. The molecule has 1 heterocycles. The Morgan fingerprint density at radius 3 is 2.50 bits per heavy atom. The number of para-hydroxylation sites is 1. The van der Waals surface area contributed by atoms with Crippen molar-refractivity contribution < 1.29 is 5.11 Å². The molecule has 3 rings (SSSR count). The maximum absolute atomic E-state index is 9.89. The number of rotatable bonds is 4. The number of phenols is 1. The number of benzene rings is 2. The number of hydrogen-bond donors (Lipinski definition) is 1. The third kappa shape index (κ3) is 3.43. The molecule has 0 amide bonds. The predicted molar refractivity (Wildman–Crippen MR) is 88.7 cm³/mol. The zero-order valence-corrected chi connectivity index (χ0v) is 13.2. The summed E-state index contributed by atoms with van der Waals surface area (Å²) in [5.41, 5.74) is 1.85. The Hall–Kier alpha value is -1.97. The van der Waals surface area contributed by atoms with Gasteiger partial charge in [-0.2, -0.15) is 0 Å². The summed E-state index contributed by atoms with van der Waals surface area (Å²) in [7, 11) is 0. The van der Waals surface area contributed by atoms with Gasteiger partial charge in [-0.05, 0) is 29.8 Å². The molecule has 0 radical (unpaired) electrons. The van der Waals surface area contributed by atoms with Crippen LogP contribution in [0, 0.1) is 0 Å². The highest BCUT2D eigenvalue weighted by atomic mass is 35.5. The van der Waals surface area contributed by atoms with Crippen molar-refractivity contribution in [3.63, 3.8) is 0 Å². The number of halogens is 2. The van der Waals surface area contributed by atoms with Crippen LogP contribution in [0.25, 0.3) is 0 Å². The minimum Gasteiger partial charge on any atom is -0.508 e. The standard InChI is InChI=1S/C17H14Cl2N2O/c18-14-7-12(8-15(19)10-14)9-17-20-5-6-21(17)11-13-3-1-2-4-16(13)22/h1-8,10,22H,9,11H2. The SMILES string of the molecule is Oc1ccccc1Cn1ccnc1Cc1cc(Cl)cc(Cl)c1. The average molecular weight is 333 g/mol. The Morgan fingerprint density at radius 2 is 1.77 bits per heavy atom. The molecule has 0 spiro atoms. The molecule has 0 atom stereocenters. The number of nitrogens with zero attached hydrogens (tertiary/aromatic N) is 2. The van der Waals surface area contributed by atoms with Crippen molar-refractivity contribution in [2.75, 3.05) is 0 Å². The number of imidazole rings is 1. The van der Waals surface area contributed by atoms with E-state index in [1.54, 1.807) is 18.3 Å². The van der Waals surface area contributed by atoms with Crippen molar-refractivity contribution in [2.45, 2.75) is 13.0 Å². The van der Waals surface area contributed by atoms with E-state index >= 15 is 0 Å². The van der Waals surface area contributed by atoms with E-state index in [1.807, 2.05) is 41.1 Å². The van der Waals surface area contributed by atoms with Crippen LogP contribution in [0.2, 0.25) is 10.0 Å². The molecule has 3 aromatic rings. The minimum absolute atomic E-state index is 0.285. The lowest BCUT2D eigenvalue weighted by molar-refractivity contribution is 0.465. The maximum Gasteiger partial charge on any atom is 0.120 e. The largest absolute Gasteiger partial charge is 0.508 e. The zero-order valence-electron chi connectivity index (χ0n) is 11.7. The fourth-order valence-corrected chi connectivity index (χ4v) is 2.95. The van der Waals surface area contributed by atoms with Crippen LogP contribution in [0.4, 0.5) is 0 Å². The van der Waals surface area contributed by atoms with Gasteiger partial charge in [0.2, 0.25) is 0 Å². The van der Waals surface area contributed by atoms with E-state index in [0.717, 1.165) is 17.0 Å². The molecule has 0 unspecified atom stereocenters. The summed E-state index contributed by atoms with van der Waals surface area (Å²) in [4.78, 5) is 4.39. The summed E-state index contributed by atoms with van der Waals surface area (Å²) in [6, 6.07) is 12.8. The number of aromatic nitrogens is 2. The molecule has 0 bridgehead atoms. The van der Waals surface area contributed by atoms with Crippen molar-refractivity contribution in [2.24, 2.45) is 0 Å². The Morgan fingerprint density at radius 1 is 1.05 bits per heavy atom. The summed E-state index contributed by atoms with van der Waals surface area (Å²) in [6.45, 7) is 0.566. The van der Waals surface area contributed by atoms with Gasteiger partial charge < -0.3 is 9.67 Å². The number of phenolic OH excluding ortho intramolecular Hbond substituents is 1. The van der Waals surface area contributed by atoms with Gasteiger partial charge in [0.05, 0.1) is 6.54 Å². The molecule has 2 aromatic carbocycles. The Kier molecular flexibility index (Phi) is 4.36. The highest BCUT2D eigenvalue weighted by molar-refractivity contribution is 6.34. The molecule has 0 saturated carbocycles. The van der Waals surface area contributed by atoms with Gasteiger partial charge in [0, 0.05) is 34.4 Å². The molecule has 22 heavy (non-hydrogen) atoms. The first-order valence-electron chi connectivity index (χ1n) is 6.83. The molecule has 0 aliphatic carbocycles. The van der Waals surface area contributed by atoms with E-state index in [0.29, 0.717) is 23.0 Å². The quantitative estimate of drug-likeness (QED) is 0.761. The van der Waals surface area contributed by atoms with Crippen LogP contribution in [0.15, 0.2) is 54.9 Å². The van der Waals surface area contributed by atoms with E-state index in [1.165, 1.54) is 0 Å². The molecule has 0 fully saturated rings. The van der Waals surface area contributed by atoms with Crippen molar-refractivity contribution in [1.29, 1.82) is 0 Å². The van der Waals surface area contributed by atoms with Crippen LogP contribution >= 0.6 is 23.2 Å².